The van der Waals surface area contributed by atoms with Crippen LogP contribution in [0, 0.1) is 0 Å². The van der Waals surface area contributed by atoms with Gasteiger partial charge in [0.1, 0.15) is 0 Å². The summed E-state index contributed by atoms with van der Waals surface area (Å²) in [6, 6.07) is 0. The Morgan fingerprint density at radius 1 is 0.767 bits per heavy atom. The summed E-state index contributed by atoms with van der Waals surface area (Å²) < 4.78 is 20.9. The summed E-state index contributed by atoms with van der Waals surface area (Å²) >= 11 is 0. The SMILES string of the molecule is CCC(C)(O[SiH](C)C(C)(CC)O[Si](C)(C)C)C(C)[Si](C)(C)OC(C)(CC)[Si](C)(C)C. The highest BCUT2D eigenvalue weighted by atomic mass is 28.4. The maximum absolute atomic E-state index is 7.13. The van der Waals surface area contributed by atoms with E-state index in [1.54, 1.807) is 0 Å². The Balaban J connectivity index is 5.82. The summed E-state index contributed by atoms with van der Waals surface area (Å²) in [5, 5.41) is -0.114. The third kappa shape index (κ3) is 7.66. The molecule has 3 nitrogen and oxygen atoms in total. The zero-order valence-corrected chi connectivity index (χ0v) is 27.7. The minimum atomic E-state index is -2.01. The van der Waals surface area contributed by atoms with Gasteiger partial charge in [0, 0.05) is 10.8 Å². The molecule has 0 heterocycles. The van der Waals surface area contributed by atoms with Crippen LogP contribution >= 0.6 is 0 Å². The largest absolute Gasteiger partial charge is 0.415 e. The molecule has 0 aromatic carbocycles. The molecule has 0 aliphatic rings. The summed E-state index contributed by atoms with van der Waals surface area (Å²) in [6.07, 6.45) is 3.10. The third-order valence-corrected chi connectivity index (χ3v) is 19.9. The van der Waals surface area contributed by atoms with Crippen LogP contribution in [0.3, 0.4) is 0 Å². The molecule has 0 aromatic rings. The molecule has 0 aliphatic carbocycles. The molecule has 5 unspecified atom stereocenters. The van der Waals surface area contributed by atoms with Gasteiger partial charge in [0.05, 0.1) is 18.9 Å². The molecule has 0 bridgehead atoms. The molecular weight excluding hydrogens is 437 g/mol. The first-order valence-corrected chi connectivity index (χ1v) is 24.3. The summed E-state index contributed by atoms with van der Waals surface area (Å²) in [6.45, 7) is 37.5. The van der Waals surface area contributed by atoms with Gasteiger partial charge in [-0.2, -0.15) is 0 Å². The number of hydrogen-bond donors (Lipinski definition) is 0. The van der Waals surface area contributed by atoms with Crippen LogP contribution in [-0.4, -0.2) is 49.8 Å². The van der Waals surface area contributed by atoms with Gasteiger partial charge in [0.2, 0.25) is 9.04 Å². The van der Waals surface area contributed by atoms with Crippen LogP contribution in [0.4, 0.5) is 0 Å². The zero-order valence-electron chi connectivity index (χ0n) is 23.5. The molecule has 0 saturated carbocycles. The van der Waals surface area contributed by atoms with Crippen molar-refractivity contribution in [2.24, 2.45) is 0 Å². The molecule has 0 radical (unpaired) electrons. The fraction of sp³-hybridized carbons (Fsp3) is 1.00. The predicted molar refractivity (Wildman–Crippen MR) is 146 cm³/mol. The molecule has 0 fully saturated rings. The Morgan fingerprint density at radius 3 is 1.53 bits per heavy atom. The maximum Gasteiger partial charge on any atom is 0.204 e. The molecule has 0 spiro atoms. The van der Waals surface area contributed by atoms with E-state index in [9.17, 15) is 0 Å². The molecule has 7 heteroatoms. The molecule has 0 amide bonds. The quantitative estimate of drug-likeness (QED) is 0.246. The molecule has 0 rings (SSSR count). The molecule has 30 heavy (non-hydrogen) atoms. The van der Waals surface area contributed by atoms with Crippen molar-refractivity contribution in [3.63, 3.8) is 0 Å². The second-order valence-electron chi connectivity index (χ2n) is 12.6. The van der Waals surface area contributed by atoms with Gasteiger partial charge < -0.3 is 13.3 Å². The van der Waals surface area contributed by atoms with Gasteiger partial charge in [0.15, 0.2) is 16.6 Å². The van der Waals surface area contributed by atoms with Crippen LogP contribution in [0.5, 0.6) is 0 Å². The van der Waals surface area contributed by atoms with Gasteiger partial charge in [-0.1, -0.05) is 47.3 Å². The van der Waals surface area contributed by atoms with Crippen molar-refractivity contribution in [1.82, 2.24) is 0 Å². The Labute approximate surface area is 195 Å². The van der Waals surface area contributed by atoms with Crippen molar-refractivity contribution in [1.29, 1.82) is 0 Å². The Hall–Kier alpha value is 0.748. The number of hydrogen-bond acceptors (Lipinski definition) is 3. The van der Waals surface area contributed by atoms with Crippen molar-refractivity contribution < 1.29 is 13.3 Å². The molecule has 182 valence electrons. The fourth-order valence-corrected chi connectivity index (χ4v) is 16.0. The van der Waals surface area contributed by atoms with Crippen molar-refractivity contribution >= 4 is 33.7 Å². The van der Waals surface area contributed by atoms with Crippen molar-refractivity contribution in [2.75, 3.05) is 0 Å². The second-order valence-corrected chi connectivity index (χ2v) is 29.6. The average molecular weight is 493 g/mol. The molecule has 0 N–H and O–H groups in total. The monoisotopic (exact) mass is 492 g/mol. The highest BCUT2D eigenvalue weighted by Crippen LogP contribution is 2.44. The Bertz CT molecular complexity index is 544. The van der Waals surface area contributed by atoms with Gasteiger partial charge in [-0.3, -0.25) is 0 Å². The van der Waals surface area contributed by atoms with E-state index in [0.29, 0.717) is 5.54 Å². The molecule has 0 aromatic heterocycles. The van der Waals surface area contributed by atoms with Crippen LogP contribution in [0.2, 0.25) is 64.5 Å². The van der Waals surface area contributed by atoms with Crippen molar-refractivity contribution in [2.45, 2.75) is 148 Å². The fourth-order valence-electron chi connectivity index (χ4n) is 4.32. The lowest BCUT2D eigenvalue weighted by Crippen LogP contribution is -2.61. The molecule has 5 atom stereocenters. The van der Waals surface area contributed by atoms with E-state index in [2.05, 4.69) is 107 Å². The minimum absolute atomic E-state index is 0.00750. The normalized spacial score (nSPS) is 22.0. The summed E-state index contributed by atoms with van der Waals surface area (Å²) in [5.74, 6) is 0. The standard InChI is InChI=1S/C23H56O3Si4/c1-17-21(5,24-27(8)22(6,18-2)25-29(12,13)14)20(4)30(15,16)26-23(7,19-3)28(9,10)11/h20,27H,17-19H2,1-16H3. The van der Waals surface area contributed by atoms with Crippen LogP contribution in [0.15, 0.2) is 0 Å². The van der Waals surface area contributed by atoms with E-state index < -0.39 is 33.7 Å². The second kappa shape index (κ2) is 10.3. The Morgan fingerprint density at radius 2 is 1.23 bits per heavy atom. The van der Waals surface area contributed by atoms with E-state index >= 15 is 0 Å². The van der Waals surface area contributed by atoms with E-state index in [0.717, 1.165) is 19.3 Å². The number of rotatable bonds is 13. The lowest BCUT2D eigenvalue weighted by molar-refractivity contribution is 0.0334. The van der Waals surface area contributed by atoms with Gasteiger partial charge >= 0.3 is 0 Å². The van der Waals surface area contributed by atoms with Crippen LogP contribution < -0.4 is 0 Å². The molecule has 0 saturated heterocycles. The van der Waals surface area contributed by atoms with Crippen LogP contribution in [0.1, 0.15) is 67.7 Å². The van der Waals surface area contributed by atoms with E-state index in [1.807, 2.05) is 0 Å². The molecule has 0 aliphatic heterocycles. The first kappa shape index (κ1) is 30.7. The Kier molecular flexibility index (Phi) is 10.6. The summed E-state index contributed by atoms with van der Waals surface area (Å²) in [4.78, 5) is 0. The van der Waals surface area contributed by atoms with E-state index in [-0.39, 0.29) is 16.0 Å². The summed E-state index contributed by atoms with van der Waals surface area (Å²) in [7, 11) is -6.73. The van der Waals surface area contributed by atoms with Crippen molar-refractivity contribution in [3.8, 4) is 0 Å². The van der Waals surface area contributed by atoms with Gasteiger partial charge in [-0.15, -0.1) is 0 Å². The third-order valence-electron chi connectivity index (χ3n) is 7.96. The average Bonchev–Trinajstić information content (AvgIpc) is 2.57. The smallest absolute Gasteiger partial charge is 0.204 e. The van der Waals surface area contributed by atoms with E-state index in [1.165, 1.54) is 0 Å². The van der Waals surface area contributed by atoms with Gasteiger partial charge in [-0.25, -0.2) is 0 Å². The predicted octanol–water partition coefficient (Wildman–Crippen LogP) is 7.74. The van der Waals surface area contributed by atoms with Gasteiger partial charge in [0.25, 0.3) is 0 Å². The maximum atomic E-state index is 7.13. The first-order valence-electron chi connectivity index (χ1n) is 12.2. The van der Waals surface area contributed by atoms with E-state index in [4.69, 9.17) is 13.3 Å². The van der Waals surface area contributed by atoms with Crippen LogP contribution in [0.25, 0.3) is 0 Å². The van der Waals surface area contributed by atoms with Gasteiger partial charge in [-0.05, 0) is 79.3 Å². The van der Waals surface area contributed by atoms with Crippen LogP contribution in [-0.2, 0) is 13.3 Å². The molecular formula is C23H56O3Si4. The minimum Gasteiger partial charge on any atom is -0.415 e. The van der Waals surface area contributed by atoms with Crippen molar-refractivity contribution in [3.05, 3.63) is 0 Å². The zero-order chi connectivity index (χ0) is 24.4. The topological polar surface area (TPSA) is 27.7 Å². The highest BCUT2D eigenvalue weighted by Gasteiger charge is 2.51. The first-order chi connectivity index (χ1) is 13.1. The summed E-state index contributed by atoms with van der Waals surface area (Å²) in [5.41, 5.74) is 0.231. The highest BCUT2D eigenvalue weighted by molar-refractivity contribution is 6.81. The lowest BCUT2D eigenvalue weighted by Gasteiger charge is -2.52. The lowest BCUT2D eigenvalue weighted by atomic mass is 10.00.